The van der Waals surface area contributed by atoms with Crippen LogP contribution in [0.5, 0.6) is 0 Å². The van der Waals surface area contributed by atoms with E-state index in [2.05, 4.69) is 0 Å². The molecule has 0 saturated heterocycles. The van der Waals surface area contributed by atoms with E-state index >= 15 is 0 Å². The van der Waals surface area contributed by atoms with Gasteiger partial charge in [0.1, 0.15) is 10.5 Å². The quantitative estimate of drug-likeness (QED) is 0.430. The summed E-state index contributed by atoms with van der Waals surface area (Å²) in [5, 5.41) is 14.8. The van der Waals surface area contributed by atoms with Gasteiger partial charge in [-0.2, -0.15) is 0 Å². The molecule has 0 radical (unpaired) electrons. The van der Waals surface area contributed by atoms with E-state index in [-0.39, 0.29) is 6.42 Å². The minimum atomic E-state index is -1.83. The van der Waals surface area contributed by atoms with Gasteiger partial charge in [0.15, 0.2) is 0 Å². The van der Waals surface area contributed by atoms with Crippen molar-refractivity contribution in [3.63, 3.8) is 0 Å². The van der Waals surface area contributed by atoms with Crippen molar-refractivity contribution in [1.29, 1.82) is 0 Å². The van der Waals surface area contributed by atoms with Crippen LogP contribution in [0.1, 0.15) is 20.3 Å². The summed E-state index contributed by atoms with van der Waals surface area (Å²) >= 11 is 0. The summed E-state index contributed by atoms with van der Waals surface area (Å²) in [6, 6.07) is 0. The van der Waals surface area contributed by atoms with Crippen LogP contribution in [-0.2, 0) is 20.4 Å². The molecule has 0 aliphatic rings. The second-order valence-electron chi connectivity index (χ2n) is 2.68. The molecule has 0 spiro atoms. The van der Waals surface area contributed by atoms with Gasteiger partial charge in [0.2, 0.25) is 0 Å². The monoisotopic (exact) mass is 223 g/mol. The number of hydroxylamine groups is 1. The topological polar surface area (TPSA) is 104 Å². The first kappa shape index (κ1) is 13.1. The fourth-order valence-electron chi connectivity index (χ4n) is 0.873. The van der Waals surface area contributed by atoms with Crippen LogP contribution in [0.4, 0.5) is 0 Å². The predicted octanol–water partition coefficient (Wildman–Crippen LogP) is -0.508. The van der Waals surface area contributed by atoms with Gasteiger partial charge in [0.05, 0.1) is 0 Å². The minimum Gasteiger partial charge on any atom is -0.480 e. The Morgan fingerprint density at radius 1 is 1.50 bits per heavy atom. The van der Waals surface area contributed by atoms with Gasteiger partial charge in [0.25, 0.3) is 5.91 Å². The second kappa shape index (κ2) is 5.71. The maximum Gasteiger partial charge on any atom is 0.319 e. The van der Waals surface area contributed by atoms with Crippen LogP contribution in [0.25, 0.3) is 0 Å². The van der Waals surface area contributed by atoms with E-state index in [1.807, 2.05) is 0 Å². The van der Waals surface area contributed by atoms with Crippen LogP contribution in [0.15, 0.2) is 0 Å². The van der Waals surface area contributed by atoms with Crippen LogP contribution in [-0.4, -0.2) is 36.9 Å². The van der Waals surface area contributed by atoms with E-state index in [1.165, 1.54) is 12.4 Å². The highest BCUT2D eigenvalue weighted by Gasteiger charge is 2.30. The van der Waals surface area contributed by atoms with E-state index in [1.54, 1.807) is 6.92 Å². The van der Waals surface area contributed by atoms with E-state index in [4.69, 9.17) is 10.3 Å². The normalized spacial score (nSPS) is 16.8. The summed E-state index contributed by atoms with van der Waals surface area (Å²) < 4.78 is 11.5. The van der Waals surface area contributed by atoms with Crippen molar-refractivity contribution in [3.05, 3.63) is 0 Å². The average molecular weight is 223 g/mol. The van der Waals surface area contributed by atoms with Gasteiger partial charge in [-0.3, -0.25) is 19.0 Å². The molecule has 0 aliphatic heterocycles. The molecule has 6 nitrogen and oxygen atoms in total. The average Bonchev–Trinajstić information content (AvgIpc) is 2.16. The fraction of sp³-hybridized carbons (Fsp3) is 0.714. The van der Waals surface area contributed by atoms with Crippen molar-refractivity contribution in [2.75, 3.05) is 0 Å². The first-order valence-corrected chi connectivity index (χ1v) is 5.29. The molecule has 0 aromatic heterocycles. The number of carboxylic acids is 1. The molecule has 0 bridgehead atoms. The number of carbonyl (C=O) groups excluding carboxylic acids is 1. The Labute approximate surface area is 83.7 Å². The van der Waals surface area contributed by atoms with Gasteiger partial charge in [-0.25, -0.2) is 5.48 Å². The van der Waals surface area contributed by atoms with Crippen molar-refractivity contribution in [2.45, 2.75) is 30.8 Å². The number of rotatable bonds is 5. The van der Waals surface area contributed by atoms with E-state index in [0.717, 1.165) is 0 Å². The Bertz CT molecular complexity index is 254. The second-order valence-corrected chi connectivity index (χ2v) is 4.62. The lowest BCUT2D eigenvalue weighted by Gasteiger charge is -2.14. The number of carboxylic acid groups (broad SMARTS) is 1. The Morgan fingerprint density at radius 2 is 2.00 bits per heavy atom. The zero-order valence-electron chi connectivity index (χ0n) is 7.89. The van der Waals surface area contributed by atoms with Gasteiger partial charge in [-0.05, 0) is 13.3 Å². The number of hydrogen-bond acceptors (Lipinski definition) is 4. The zero-order valence-corrected chi connectivity index (χ0v) is 8.71. The highest BCUT2D eigenvalue weighted by atomic mass is 32.2. The summed E-state index contributed by atoms with van der Waals surface area (Å²) in [6.45, 7) is 2.85. The molecule has 3 N–H and O–H groups in total. The number of amides is 1. The lowest BCUT2D eigenvalue weighted by atomic mass is 10.3. The molecule has 1 amide bonds. The molecule has 0 heterocycles. The summed E-state index contributed by atoms with van der Waals surface area (Å²) in [6.07, 6.45) is 0.205. The highest BCUT2D eigenvalue weighted by Crippen LogP contribution is 2.08. The summed E-state index contributed by atoms with van der Waals surface area (Å²) in [4.78, 5) is 21.4. The Balaban J connectivity index is 4.62. The molecular formula is C7H13NO5S. The van der Waals surface area contributed by atoms with Crippen molar-refractivity contribution >= 4 is 22.7 Å². The van der Waals surface area contributed by atoms with E-state index in [0.29, 0.717) is 0 Å². The molecular weight excluding hydrogens is 210 g/mol. The lowest BCUT2D eigenvalue weighted by molar-refractivity contribution is -0.136. The fourth-order valence-corrected chi connectivity index (χ4v) is 2.16. The number of nitrogens with one attached hydrogen (secondary N) is 1. The highest BCUT2D eigenvalue weighted by molar-refractivity contribution is 7.87. The third-order valence-electron chi connectivity index (χ3n) is 1.75. The lowest BCUT2D eigenvalue weighted by Crippen LogP contribution is -2.40. The van der Waals surface area contributed by atoms with Crippen LogP contribution >= 0.6 is 0 Å². The van der Waals surface area contributed by atoms with Crippen molar-refractivity contribution in [2.24, 2.45) is 0 Å². The predicted molar refractivity (Wildman–Crippen MR) is 49.2 cm³/mol. The van der Waals surface area contributed by atoms with Crippen molar-refractivity contribution in [1.82, 2.24) is 5.48 Å². The molecule has 0 aromatic carbocycles. The molecule has 0 saturated carbocycles. The number of hydrogen-bond donors (Lipinski definition) is 3. The molecule has 0 rings (SSSR count). The SMILES string of the molecule is CCC(C(=O)NO)S(=O)C(C)C(=O)O. The Kier molecular flexibility index (Phi) is 5.32. The first-order valence-electron chi connectivity index (χ1n) is 4.01. The van der Waals surface area contributed by atoms with Crippen LogP contribution in [0.3, 0.4) is 0 Å². The van der Waals surface area contributed by atoms with Gasteiger partial charge >= 0.3 is 5.97 Å². The first-order chi connectivity index (χ1) is 6.45. The molecule has 3 unspecified atom stereocenters. The van der Waals surface area contributed by atoms with Crippen LogP contribution in [0, 0.1) is 0 Å². The third kappa shape index (κ3) is 3.08. The Morgan fingerprint density at radius 3 is 2.29 bits per heavy atom. The van der Waals surface area contributed by atoms with Crippen LogP contribution in [0.2, 0.25) is 0 Å². The van der Waals surface area contributed by atoms with Gasteiger partial charge < -0.3 is 5.11 Å². The Hall–Kier alpha value is -0.950. The van der Waals surface area contributed by atoms with Gasteiger partial charge in [-0.15, -0.1) is 0 Å². The summed E-state index contributed by atoms with van der Waals surface area (Å²) in [5.41, 5.74) is 1.37. The molecule has 3 atom stereocenters. The molecule has 14 heavy (non-hydrogen) atoms. The largest absolute Gasteiger partial charge is 0.480 e. The van der Waals surface area contributed by atoms with E-state index in [9.17, 15) is 13.8 Å². The molecule has 82 valence electrons. The zero-order chi connectivity index (χ0) is 11.3. The maximum absolute atomic E-state index is 11.5. The summed E-state index contributed by atoms with van der Waals surface area (Å²) in [5.74, 6) is -2.05. The molecule has 7 heteroatoms. The summed E-state index contributed by atoms with van der Waals surface area (Å²) in [7, 11) is -1.83. The number of aliphatic carboxylic acids is 1. The van der Waals surface area contributed by atoms with Crippen LogP contribution < -0.4 is 5.48 Å². The van der Waals surface area contributed by atoms with Crippen molar-refractivity contribution in [3.8, 4) is 0 Å². The minimum absolute atomic E-state index is 0.205. The molecule has 0 aromatic rings. The third-order valence-corrected chi connectivity index (χ3v) is 3.76. The van der Waals surface area contributed by atoms with E-state index < -0.39 is 33.2 Å². The van der Waals surface area contributed by atoms with Gasteiger partial charge in [0, 0.05) is 10.8 Å². The molecule has 0 fully saturated rings. The van der Waals surface area contributed by atoms with Gasteiger partial charge in [-0.1, -0.05) is 6.92 Å². The molecule has 0 aliphatic carbocycles. The smallest absolute Gasteiger partial charge is 0.319 e. The number of carbonyl (C=O) groups is 2. The standard InChI is InChI=1S/C7H13NO5S/c1-3-5(6(9)8-12)14(13)4(2)7(10)11/h4-5,12H,3H2,1-2H3,(H,8,9)(H,10,11). The maximum atomic E-state index is 11.5. The van der Waals surface area contributed by atoms with Crippen molar-refractivity contribution < 1.29 is 24.1 Å².